The van der Waals surface area contributed by atoms with Crippen molar-refractivity contribution in [1.82, 2.24) is 4.37 Å². The Morgan fingerprint density at radius 3 is 2.78 bits per heavy atom. The summed E-state index contributed by atoms with van der Waals surface area (Å²) >= 11 is 1.43. The van der Waals surface area contributed by atoms with Crippen LogP contribution in [0.5, 0.6) is 5.75 Å². The van der Waals surface area contributed by atoms with E-state index in [4.69, 9.17) is 10.5 Å². The average Bonchev–Trinajstić information content (AvgIpc) is 2.90. The van der Waals surface area contributed by atoms with Gasteiger partial charge >= 0.3 is 0 Å². The molecule has 4 nitrogen and oxygen atoms in total. The van der Waals surface area contributed by atoms with Crippen molar-refractivity contribution < 1.29 is 9.84 Å². The number of aromatic nitrogens is 1. The second kappa shape index (κ2) is 7.16. The molecule has 23 heavy (non-hydrogen) atoms. The lowest BCUT2D eigenvalue weighted by atomic mass is 9.83. The maximum Gasteiger partial charge on any atom is 0.147 e. The van der Waals surface area contributed by atoms with Crippen molar-refractivity contribution in [3.05, 3.63) is 24.4 Å². The molecule has 1 aromatic carbocycles. The number of fused-ring (bicyclic) bond motifs is 1. The van der Waals surface area contributed by atoms with Crippen LogP contribution in [0, 0.1) is 11.3 Å². The topological polar surface area (TPSA) is 68.4 Å². The zero-order valence-electron chi connectivity index (χ0n) is 14.5. The van der Waals surface area contributed by atoms with Gasteiger partial charge in [-0.15, -0.1) is 0 Å². The molecule has 0 aliphatic heterocycles. The Balaban J connectivity index is 1.87. The Bertz CT molecular complexity index is 631. The van der Waals surface area contributed by atoms with Crippen LogP contribution in [0.3, 0.4) is 0 Å². The number of hydrogen-bond donors (Lipinski definition) is 2. The minimum atomic E-state index is -1.31. The first kappa shape index (κ1) is 18.2. The molecule has 1 heterocycles. The predicted octanol–water partition coefficient (Wildman–Crippen LogP) is 4.17. The Morgan fingerprint density at radius 2 is 2.09 bits per heavy atom. The molecule has 0 bridgehead atoms. The van der Waals surface area contributed by atoms with Crippen LogP contribution in [0.15, 0.2) is 24.4 Å². The highest BCUT2D eigenvalue weighted by Gasteiger charge is 2.25. The highest BCUT2D eigenvalue weighted by atomic mass is 32.1. The van der Waals surface area contributed by atoms with E-state index in [2.05, 4.69) is 32.1 Å². The number of benzene rings is 1. The maximum absolute atomic E-state index is 10.4. The van der Waals surface area contributed by atoms with E-state index in [-0.39, 0.29) is 6.61 Å². The van der Waals surface area contributed by atoms with Gasteiger partial charge in [-0.05, 0) is 54.3 Å². The first-order chi connectivity index (χ1) is 10.7. The second-order valence-electron chi connectivity index (χ2n) is 7.79. The van der Waals surface area contributed by atoms with Gasteiger partial charge in [-0.3, -0.25) is 0 Å². The lowest BCUT2D eigenvalue weighted by Crippen LogP contribution is -2.45. The smallest absolute Gasteiger partial charge is 0.147 e. The number of aliphatic hydroxyl groups is 1. The lowest BCUT2D eigenvalue weighted by Gasteiger charge is -2.27. The Hall–Kier alpha value is -1.17. The standard InChI is InChI=1S/C18H28N2O2S/c1-13(10-17(2,3)4)8-9-18(19,21)12-22-15-6-5-7-16-14(15)11-20-23-16/h5-7,11,13,21H,8-10,12,19H2,1-4H3. The largest absolute Gasteiger partial charge is 0.488 e. The summed E-state index contributed by atoms with van der Waals surface area (Å²) < 4.78 is 11.0. The van der Waals surface area contributed by atoms with Crippen LogP contribution in [0.4, 0.5) is 0 Å². The second-order valence-corrected chi connectivity index (χ2v) is 8.63. The third-order valence-corrected chi connectivity index (χ3v) is 4.63. The van der Waals surface area contributed by atoms with E-state index in [9.17, 15) is 5.11 Å². The van der Waals surface area contributed by atoms with Crippen molar-refractivity contribution in [2.24, 2.45) is 17.1 Å². The van der Waals surface area contributed by atoms with E-state index in [1.54, 1.807) is 6.20 Å². The van der Waals surface area contributed by atoms with Crippen LogP contribution in [-0.4, -0.2) is 21.8 Å². The summed E-state index contributed by atoms with van der Waals surface area (Å²) in [6, 6.07) is 5.81. The van der Waals surface area contributed by atoms with Crippen molar-refractivity contribution in [2.75, 3.05) is 6.61 Å². The highest BCUT2D eigenvalue weighted by Crippen LogP contribution is 2.30. The fourth-order valence-electron chi connectivity index (χ4n) is 2.91. The third kappa shape index (κ3) is 5.75. The summed E-state index contributed by atoms with van der Waals surface area (Å²) in [4.78, 5) is 0. The molecular formula is C18H28N2O2S. The monoisotopic (exact) mass is 336 g/mol. The van der Waals surface area contributed by atoms with Crippen LogP contribution >= 0.6 is 11.5 Å². The van der Waals surface area contributed by atoms with Crippen LogP contribution in [0.1, 0.15) is 47.0 Å². The zero-order chi connectivity index (χ0) is 17.1. The van der Waals surface area contributed by atoms with E-state index in [1.807, 2.05) is 18.2 Å². The highest BCUT2D eigenvalue weighted by molar-refractivity contribution is 7.13. The fourth-order valence-corrected chi connectivity index (χ4v) is 3.57. The Kier molecular flexibility index (Phi) is 5.65. The number of nitrogens with two attached hydrogens (primary N) is 1. The molecule has 0 amide bonds. The van der Waals surface area contributed by atoms with Gasteiger partial charge in [-0.25, -0.2) is 0 Å². The Labute approximate surface area is 142 Å². The third-order valence-electron chi connectivity index (χ3n) is 3.87. The summed E-state index contributed by atoms with van der Waals surface area (Å²) in [5, 5.41) is 11.4. The molecule has 0 aliphatic carbocycles. The lowest BCUT2D eigenvalue weighted by molar-refractivity contribution is -0.0116. The van der Waals surface area contributed by atoms with Gasteiger partial charge in [0.2, 0.25) is 0 Å². The molecule has 2 unspecified atom stereocenters. The number of ether oxygens (including phenoxy) is 1. The quantitative estimate of drug-likeness (QED) is 0.744. The molecule has 128 valence electrons. The van der Waals surface area contributed by atoms with Gasteiger partial charge in [0, 0.05) is 0 Å². The van der Waals surface area contributed by atoms with Crippen LogP contribution < -0.4 is 10.5 Å². The van der Waals surface area contributed by atoms with Gasteiger partial charge in [-0.2, -0.15) is 4.37 Å². The van der Waals surface area contributed by atoms with E-state index in [0.717, 1.165) is 28.7 Å². The van der Waals surface area contributed by atoms with Crippen molar-refractivity contribution in [3.8, 4) is 5.75 Å². The van der Waals surface area contributed by atoms with Gasteiger partial charge < -0.3 is 15.6 Å². The molecule has 2 aromatic rings. The minimum Gasteiger partial charge on any atom is -0.488 e. The number of rotatable bonds is 7. The van der Waals surface area contributed by atoms with Gasteiger partial charge in [0.1, 0.15) is 18.1 Å². The summed E-state index contributed by atoms with van der Waals surface area (Å²) in [5.74, 6) is 1.25. The summed E-state index contributed by atoms with van der Waals surface area (Å²) in [6.45, 7) is 8.99. The first-order valence-corrected chi connectivity index (χ1v) is 8.91. The van der Waals surface area contributed by atoms with Crippen molar-refractivity contribution in [2.45, 2.75) is 52.7 Å². The molecule has 0 saturated carbocycles. The number of hydrogen-bond acceptors (Lipinski definition) is 5. The van der Waals surface area contributed by atoms with Gasteiger partial charge in [-0.1, -0.05) is 33.8 Å². The SMILES string of the molecule is CC(CCC(N)(O)COc1cccc2sncc12)CC(C)(C)C. The molecule has 0 spiro atoms. The molecule has 0 radical (unpaired) electrons. The predicted molar refractivity (Wildman–Crippen MR) is 96.7 cm³/mol. The summed E-state index contributed by atoms with van der Waals surface area (Å²) in [6.07, 6.45) is 4.32. The molecule has 0 fully saturated rings. The molecule has 0 aliphatic rings. The van der Waals surface area contributed by atoms with Crippen molar-refractivity contribution in [3.63, 3.8) is 0 Å². The Morgan fingerprint density at radius 1 is 1.35 bits per heavy atom. The van der Waals surface area contributed by atoms with Crippen LogP contribution in [-0.2, 0) is 0 Å². The molecule has 0 saturated heterocycles. The molecule has 2 atom stereocenters. The average molecular weight is 337 g/mol. The zero-order valence-corrected chi connectivity index (χ0v) is 15.3. The summed E-state index contributed by atoms with van der Waals surface area (Å²) in [7, 11) is 0. The van der Waals surface area contributed by atoms with Crippen molar-refractivity contribution in [1.29, 1.82) is 0 Å². The van der Waals surface area contributed by atoms with E-state index >= 15 is 0 Å². The maximum atomic E-state index is 10.4. The summed E-state index contributed by atoms with van der Waals surface area (Å²) in [5.41, 5.74) is 5.00. The van der Waals surface area contributed by atoms with Gasteiger partial charge in [0.25, 0.3) is 0 Å². The minimum absolute atomic E-state index is 0.0875. The van der Waals surface area contributed by atoms with E-state index in [1.165, 1.54) is 11.5 Å². The van der Waals surface area contributed by atoms with Crippen LogP contribution in [0.2, 0.25) is 0 Å². The molecule has 5 heteroatoms. The molecule has 2 rings (SSSR count). The van der Waals surface area contributed by atoms with Gasteiger partial charge in [0.05, 0.1) is 16.3 Å². The van der Waals surface area contributed by atoms with Crippen molar-refractivity contribution >= 4 is 21.6 Å². The molecule has 1 aromatic heterocycles. The number of nitrogens with zero attached hydrogens (tertiary/aromatic N) is 1. The van der Waals surface area contributed by atoms with E-state index < -0.39 is 5.72 Å². The van der Waals surface area contributed by atoms with Gasteiger partial charge in [0.15, 0.2) is 0 Å². The first-order valence-electron chi connectivity index (χ1n) is 8.14. The van der Waals surface area contributed by atoms with E-state index in [0.29, 0.717) is 17.8 Å². The normalized spacial score (nSPS) is 16.3. The molecule has 3 N–H and O–H groups in total. The molecular weight excluding hydrogens is 308 g/mol. The fraction of sp³-hybridized carbons (Fsp3) is 0.611. The van der Waals surface area contributed by atoms with Crippen LogP contribution in [0.25, 0.3) is 10.1 Å².